The van der Waals surface area contributed by atoms with Crippen LogP contribution in [0, 0.1) is 5.82 Å². The highest BCUT2D eigenvalue weighted by Crippen LogP contribution is 2.24. The van der Waals surface area contributed by atoms with Crippen molar-refractivity contribution in [3.8, 4) is 0 Å². The molecule has 0 saturated carbocycles. The second kappa shape index (κ2) is 9.82. The van der Waals surface area contributed by atoms with Crippen molar-refractivity contribution in [2.24, 2.45) is 0 Å². The number of sulfonamides is 1. The molecule has 2 aromatic rings. The predicted molar refractivity (Wildman–Crippen MR) is 122 cm³/mol. The standard InChI is InChI=1S/C23H24FN3O5S/c24-20-9-6-18(16-21(20)33(30,31)26-12-14-32-15-13-26)25-22(28)10-5-17-3-7-19(8-4-17)27-11-1-2-23(27)29/h3-10,16H,1-2,11-15H2,(H,25,28)/b10-5+. The van der Waals surface area contributed by atoms with E-state index in [-0.39, 0.29) is 37.9 Å². The average molecular weight is 474 g/mol. The number of nitrogens with one attached hydrogen (secondary N) is 1. The minimum absolute atomic E-state index is 0.104. The van der Waals surface area contributed by atoms with Gasteiger partial charge in [0.25, 0.3) is 0 Å². The maximum atomic E-state index is 14.3. The van der Waals surface area contributed by atoms with Crippen molar-refractivity contribution < 1.29 is 27.1 Å². The molecule has 0 spiro atoms. The Morgan fingerprint density at radius 3 is 2.45 bits per heavy atom. The molecule has 10 heteroatoms. The SMILES string of the molecule is O=C(/C=C/c1ccc(N2CCCC2=O)cc1)Nc1ccc(F)c(S(=O)(=O)N2CCOCC2)c1. The molecule has 33 heavy (non-hydrogen) atoms. The molecule has 2 heterocycles. The van der Waals surface area contributed by atoms with Crippen LogP contribution in [0.5, 0.6) is 0 Å². The molecule has 174 valence electrons. The van der Waals surface area contributed by atoms with E-state index in [4.69, 9.17) is 4.74 Å². The number of hydrogen-bond acceptors (Lipinski definition) is 5. The molecule has 2 aliphatic rings. The van der Waals surface area contributed by atoms with Gasteiger partial charge in [-0.15, -0.1) is 0 Å². The molecular weight excluding hydrogens is 449 g/mol. The molecule has 2 fully saturated rings. The normalized spacial score (nSPS) is 17.6. The van der Waals surface area contributed by atoms with Crippen molar-refractivity contribution in [1.29, 1.82) is 0 Å². The number of rotatable bonds is 6. The van der Waals surface area contributed by atoms with E-state index in [0.29, 0.717) is 13.0 Å². The lowest BCUT2D eigenvalue weighted by Gasteiger charge is -2.26. The molecule has 0 atom stereocenters. The zero-order chi connectivity index (χ0) is 23.4. The number of hydrogen-bond donors (Lipinski definition) is 1. The number of carbonyl (C=O) groups is 2. The summed E-state index contributed by atoms with van der Waals surface area (Å²) in [6.45, 7) is 1.49. The van der Waals surface area contributed by atoms with Gasteiger partial charge in [0.1, 0.15) is 10.7 Å². The zero-order valence-corrected chi connectivity index (χ0v) is 18.7. The molecule has 2 saturated heterocycles. The molecule has 0 aromatic heterocycles. The minimum Gasteiger partial charge on any atom is -0.379 e. The summed E-state index contributed by atoms with van der Waals surface area (Å²) in [5.74, 6) is -1.27. The van der Waals surface area contributed by atoms with E-state index in [2.05, 4.69) is 5.32 Å². The van der Waals surface area contributed by atoms with Gasteiger partial charge in [-0.2, -0.15) is 4.31 Å². The van der Waals surface area contributed by atoms with Gasteiger partial charge >= 0.3 is 0 Å². The first kappa shape index (κ1) is 23.1. The summed E-state index contributed by atoms with van der Waals surface area (Å²) in [7, 11) is -4.04. The Bertz CT molecular complexity index is 1180. The van der Waals surface area contributed by atoms with Crippen LogP contribution in [-0.4, -0.2) is 57.4 Å². The third-order valence-corrected chi connectivity index (χ3v) is 7.41. The van der Waals surface area contributed by atoms with Gasteiger partial charge in [-0.3, -0.25) is 9.59 Å². The van der Waals surface area contributed by atoms with E-state index in [1.165, 1.54) is 16.4 Å². The molecular formula is C23H24FN3O5S. The van der Waals surface area contributed by atoms with Crippen molar-refractivity contribution in [3.05, 3.63) is 59.9 Å². The Morgan fingerprint density at radius 1 is 1.06 bits per heavy atom. The smallest absolute Gasteiger partial charge is 0.248 e. The van der Waals surface area contributed by atoms with Crippen LogP contribution in [0.25, 0.3) is 6.08 Å². The number of carbonyl (C=O) groups excluding carboxylic acids is 2. The highest BCUT2D eigenvalue weighted by Gasteiger charge is 2.29. The first-order chi connectivity index (χ1) is 15.8. The van der Waals surface area contributed by atoms with Gasteiger partial charge < -0.3 is 15.0 Å². The maximum absolute atomic E-state index is 14.3. The van der Waals surface area contributed by atoms with Gasteiger partial charge in [0.05, 0.1) is 13.2 Å². The maximum Gasteiger partial charge on any atom is 0.248 e. The largest absolute Gasteiger partial charge is 0.379 e. The van der Waals surface area contributed by atoms with Crippen molar-refractivity contribution in [2.45, 2.75) is 17.7 Å². The summed E-state index contributed by atoms with van der Waals surface area (Å²) >= 11 is 0. The van der Waals surface area contributed by atoms with E-state index in [9.17, 15) is 22.4 Å². The average Bonchev–Trinajstić information content (AvgIpc) is 3.25. The third-order valence-electron chi connectivity index (χ3n) is 5.49. The number of ether oxygens (including phenoxy) is 1. The van der Waals surface area contributed by atoms with Crippen LogP contribution in [-0.2, 0) is 24.3 Å². The Labute approximate surface area is 191 Å². The number of halogens is 1. The summed E-state index contributed by atoms with van der Waals surface area (Å²) in [6.07, 6.45) is 4.30. The van der Waals surface area contributed by atoms with E-state index in [1.807, 2.05) is 12.1 Å². The number of nitrogens with zero attached hydrogens (tertiary/aromatic N) is 2. The molecule has 1 N–H and O–H groups in total. The third kappa shape index (κ3) is 5.29. The van der Waals surface area contributed by atoms with Gasteiger partial charge in [0.15, 0.2) is 0 Å². The first-order valence-electron chi connectivity index (χ1n) is 10.6. The van der Waals surface area contributed by atoms with Gasteiger partial charge in [-0.25, -0.2) is 12.8 Å². The van der Waals surface area contributed by atoms with Crippen LogP contribution in [0.1, 0.15) is 18.4 Å². The number of morpholine rings is 1. The van der Waals surface area contributed by atoms with Crippen molar-refractivity contribution in [3.63, 3.8) is 0 Å². The van der Waals surface area contributed by atoms with Crippen LogP contribution < -0.4 is 10.2 Å². The zero-order valence-electron chi connectivity index (χ0n) is 17.9. The fraction of sp³-hybridized carbons (Fsp3) is 0.304. The second-order valence-corrected chi connectivity index (χ2v) is 9.63. The summed E-state index contributed by atoms with van der Waals surface area (Å²) in [5.41, 5.74) is 1.75. The molecule has 0 radical (unpaired) electrons. The molecule has 2 amide bonds. The molecule has 2 aliphatic heterocycles. The fourth-order valence-electron chi connectivity index (χ4n) is 3.75. The van der Waals surface area contributed by atoms with Crippen LogP contribution in [0.15, 0.2) is 53.4 Å². The number of amides is 2. The lowest BCUT2D eigenvalue weighted by atomic mass is 10.2. The summed E-state index contributed by atoms with van der Waals surface area (Å²) in [5, 5.41) is 2.56. The van der Waals surface area contributed by atoms with Crippen LogP contribution in [0.2, 0.25) is 0 Å². The lowest BCUT2D eigenvalue weighted by Crippen LogP contribution is -2.40. The highest BCUT2D eigenvalue weighted by atomic mass is 32.2. The Balaban J connectivity index is 1.42. The van der Waals surface area contributed by atoms with Gasteiger partial charge in [-0.1, -0.05) is 12.1 Å². The van der Waals surface area contributed by atoms with Gasteiger partial charge in [0, 0.05) is 43.5 Å². The first-order valence-corrected chi connectivity index (χ1v) is 12.1. The fourth-order valence-corrected chi connectivity index (χ4v) is 5.25. The highest BCUT2D eigenvalue weighted by molar-refractivity contribution is 7.89. The van der Waals surface area contributed by atoms with Crippen LogP contribution >= 0.6 is 0 Å². The minimum atomic E-state index is -4.04. The van der Waals surface area contributed by atoms with E-state index >= 15 is 0 Å². The van der Waals surface area contributed by atoms with Crippen molar-refractivity contribution in [1.82, 2.24) is 4.31 Å². The Hall–Kier alpha value is -3.08. The van der Waals surface area contributed by atoms with E-state index in [0.717, 1.165) is 29.8 Å². The topological polar surface area (TPSA) is 96.0 Å². The van der Waals surface area contributed by atoms with E-state index < -0.39 is 26.6 Å². The quantitative estimate of drug-likeness (QED) is 0.651. The van der Waals surface area contributed by atoms with Crippen molar-refractivity contribution in [2.75, 3.05) is 43.1 Å². The van der Waals surface area contributed by atoms with Gasteiger partial charge in [0.2, 0.25) is 21.8 Å². The van der Waals surface area contributed by atoms with Gasteiger partial charge in [-0.05, 0) is 48.4 Å². The summed E-state index contributed by atoms with van der Waals surface area (Å²) in [6, 6.07) is 10.7. The molecule has 0 aliphatic carbocycles. The summed E-state index contributed by atoms with van der Waals surface area (Å²) < 4.78 is 46.2. The molecule has 4 rings (SSSR count). The molecule has 2 aromatic carbocycles. The summed E-state index contributed by atoms with van der Waals surface area (Å²) in [4.78, 5) is 25.4. The van der Waals surface area contributed by atoms with Crippen molar-refractivity contribution >= 4 is 39.3 Å². The van der Waals surface area contributed by atoms with Crippen LogP contribution in [0.4, 0.5) is 15.8 Å². The monoisotopic (exact) mass is 473 g/mol. The molecule has 0 bridgehead atoms. The van der Waals surface area contributed by atoms with E-state index in [1.54, 1.807) is 23.1 Å². The number of anilines is 2. The second-order valence-electron chi connectivity index (χ2n) is 7.72. The Morgan fingerprint density at radius 2 is 1.79 bits per heavy atom. The predicted octanol–water partition coefficient (Wildman–Crippen LogP) is 2.63. The lowest BCUT2D eigenvalue weighted by molar-refractivity contribution is -0.117. The molecule has 0 unspecified atom stereocenters. The molecule has 8 nitrogen and oxygen atoms in total. The number of benzene rings is 2. The van der Waals surface area contributed by atoms with Crippen LogP contribution in [0.3, 0.4) is 0 Å². The Kier molecular flexibility index (Phi) is 6.87.